The molecule has 6 aromatic heterocycles. The van der Waals surface area contributed by atoms with Crippen molar-refractivity contribution in [3.8, 4) is 45.3 Å². The first-order chi connectivity index (χ1) is 41.1. The van der Waals surface area contributed by atoms with Crippen molar-refractivity contribution in [1.82, 2.24) is 27.4 Å². The molecule has 0 atom stereocenters. The minimum Gasteiger partial charge on any atom is -0.316 e. The summed E-state index contributed by atoms with van der Waals surface area (Å²) in [5.41, 5.74) is 24.7. The lowest BCUT2D eigenvalue weighted by molar-refractivity contribution is 1.02. The summed E-state index contributed by atoms with van der Waals surface area (Å²) in [6.07, 6.45) is 8.89. The quantitative estimate of drug-likeness (QED) is 0.152. The highest BCUT2D eigenvalue weighted by Gasteiger charge is 2.14. The van der Waals surface area contributed by atoms with Crippen LogP contribution >= 0.6 is 0 Å². The first-order valence-corrected chi connectivity index (χ1v) is 29.0. The van der Waals surface area contributed by atoms with E-state index in [1.807, 2.05) is 0 Å². The zero-order valence-corrected chi connectivity index (χ0v) is 48.2. The lowest BCUT2D eigenvalue weighted by Crippen LogP contribution is -2.00. The van der Waals surface area contributed by atoms with E-state index in [0.717, 1.165) is 0 Å². The Hall–Kier alpha value is -10.6. The molecule has 0 fully saturated rings. The second-order valence-electron chi connectivity index (χ2n) is 22.3. The van der Waals surface area contributed by atoms with Gasteiger partial charge in [0.05, 0.1) is 33.1 Å². The number of aryl methyl sites for hydroxylation is 6. The first kappa shape index (κ1) is 51.6. The van der Waals surface area contributed by atoms with Crippen LogP contribution in [0.15, 0.2) is 280 Å². The van der Waals surface area contributed by atoms with Gasteiger partial charge in [-0.15, -0.1) is 0 Å². The molecule has 0 saturated carbocycles. The second kappa shape index (κ2) is 21.4. The number of fused-ring (bicyclic) bond motifs is 6. The van der Waals surface area contributed by atoms with Gasteiger partial charge in [-0.25, -0.2) is 0 Å². The Morgan fingerprint density at radius 2 is 0.488 bits per heavy atom. The van der Waals surface area contributed by atoms with Crippen LogP contribution in [0.25, 0.3) is 111 Å². The van der Waals surface area contributed by atoms with Crippen molar-refractivity contribution in [2.75, 3.05) is 0 Å². The standard InChI is InChI=1S/C30H24N2.2C24H20N2/c1-21-19-31(29-9-5-3-7-27(21)29)25-15-11-23(12-16-25)24-13-17-26(18-14-24)32-20-22(2)28-8-4-6-10-30(28)32;1-17-15-25(23-12-5-3-10-21(17)23)19-8-7-9-20(14-19)26-16-18(2)22-11-4-6-13-24(22)26;1-17-14-19-8-3-5-12-23(19)25(17)21-10-7-11-22(16-21)26-18(2)15-20-9-4-6-13-24(20)26/h3-20H,1-2H3;2*3-16H,1-2H3. The maximum absolute atomic E-state index is 2.33. The van der Waals surface area contributed by atoms with E-state index in [9.17, 15) is 0 Å². The molecule has 0 spiro atoms. The molecule has 0 bridgehead atoms. The summed E-state index contributed by atoms with van der Waals surface area (Å²) in [5.74, 6) is 0. The molecule has 84 heavy (non-hydrogen) atoms. The maximum Gasteiger partial charge on any atom is 0.0531 e. The van der Waals surface area contributed by atoms with E-state index in [1.54, 1.807) is 0 Å². The van der Waals surface area contributed by atoms with Gasteiger partial charge in [0.2, 0.25) is 0 Å². The summed E-state index contributed by atoms with van der Waals surface area (Å²) < 4.78 is 13.8. The molecule has 0 aliphatic carbocycles. The molecule has 0 saturated heterocycles. The van der Waals surface area contributed by atoms with E-state index in [1.165, 1.54) is 144 Å². The Kier molecular flexibility index (Phi) is 13.1. The van der Waals surface area contributed by atoms with Gasteiger partial charge in [0.1, 0.15) is 0 Å². The molecule has 16 aromatic rings. The van der Waals surface area contributed by atoms with E-state index in [-0.39, 0.29) is 0 Å². The fraction of sp³-hybridized carbons (Fsp3) is 0.0769. The maximum atomic E-state index is 2.33. The Morgan fingerprint density at radius 1 is 0.214 bits per heavy atom. The smallest absolute Gasteiger partial charge is 0.0531 e. The molecule has 6 heteroatoms. The highest BCUT2D eigenvalue weighted by molar-refractivity contribution is 5.90. The van der Waals surface area contributed by atoms with Crippen LogP contribution in [0, 0.1) is 41.5 Å². The minimum absolute atomic E-state index is 1.18. The molecule has 6 heterocycles. The summed E-state index contributed by atoms with van der Waals surface area (Å²) in [7, 11) is 0. The number of rotatable bonds is 7. The largest absolute Gasteiger partial charge is 0.316 e. The van der Waals surface area contributed by atoms with Gasteiger partial charge >= 0.3 is 0 Å². The Bertz CT molecular complexity index is 4770. The second-order valence-corrected chi connectivity index (χ2v) is 22.3. The van der Waals surface area contributed by atoms with E-state index in [4.69, 9.17) is 0 Å². The number of hydrogen-bond acceptors (Lipinski definition) is 0. The summed E-state index contributed by atoms with van der Waals surface area (Å²) in [5, 5.41) is 7.77. The summed E-state index contributed by atoms with van der Waals surface area (Å²) in [6.45, 7) is 13.0. The minimum atomic E-state index is 1.18. The van der Waals surface area contributed by atoms with Gasteiger partial charge in [-0.2, -0.15) is 0 Å². The number of hydrogen-bond donors (Lipinski definition) is 0. The van der Waals surface area contributed by atoms with Crippen molar-refractivity contribution in [2.24, 2.45) is 0 Å². The molecule has 0 radical (unpaired) electrons. The van der Waals surface area contributed by atoms with Gasteiger partial charge < -0.3 is 27.4 Å². The van der Waals surface area contributed by atoms with Crippen LogP contribution in [-0.4, -0.2) is 27.4 Å². The van der Waals surface area contributed by atoms with E-state index in [2.05, 4.69) is 349 Å². The molecule has 16 rings (SSSR count). The van der Waals surface area contributed by atoms with Gasteiger partial charge in [0, 0.05) is 103 Å². The predicted molar refractivity (Wildman–Crippen MR) is 354 cm³/mol. The molecule has 0 aliphatic heterocycles. The van der Waals surface area contributed by atoms with Crippen molar-refractivity contribution in [2.45, 2.75) is 41.5 Å². The van der Waals surface area contributed by atoms with Crippen LogP contribution in [-0.2, 0) is 0 Å². The summed E-state index contributed by atoms with van der Waals surface area (Å²) >= 11 is 0. The van der Waals surface area contributed by atoms with Crippen LogP contribution in [0.1, 0.15) is 33.6 Å². The van der Waals surface area contributed by atoms with Crippen molar-refractivity contribution in [1.29, 1.82) is 0 Å². The Labute approximate surface area is 490 Å². The third-order valence-corrected chi connectivity index (χ3v) is 16.8. The first-order valence-electron chi connectivity index (χ1n) is 29.0. The van der Waals surface area contributed by atoms with Crippen molar-refractivity contribution >= 4 is 65.4 Å². The number of aromatic nitrogens is 6. The van der Waals surface area contributed by atoms with Gasteiger partial charge in [0.25, 0.3) is 0 Å². The number of nitrogens with zero attached hydrogens (tertiary/aromatic N) is 6. The van der Waals surface area contributed by atoms with Gasteiger partial charge in [-0.1, -0.05) is 146 Å². The van der Waals surface area contributed by atoms with E-state index in [0.29, 0.717) is 0 Å². The zero-order valence-electron chi connectivity index (χ0n) is 48.2. The SMILES string of the molecule is Cc1cc2ccccc2n1-c1cccc(-n2c(C)cc3ccccc32)c1.Cc1cn(-c2ccc(-c3ccc(-n4cc(C)c5ccccc54)cc3)cc2)c2ccccc12.Cc1cn(-c2cccc(-n3cc(C)c4ccccc43)c2)c2ccccc12. The van der Waals surface area contributed by atoms with Crippen LogP contribution in [0.4, 0.5) is 0 Å². The zero-order chi connectivity index (χ0) is 57.0. The number of para-hydroxylation sites is 6. The van der Waals surface area contributed by atoms with Crippen LogP contribution in [0.3, 0.4) is 0 Å². The molecule has 6 nitrogen and oxygen atoms in total. The van der Waals surface area contributed by atoms with Gasteiger partial charge in [-0.05, 0) is 184 Å². The molecule has 406 valence electrons. The van der Waals surface area contributed by atoms with Crippen molar-refractivity contribution in [3.63, 3.8) is 0 Å². The third kappa shape index (κ3) is 9.28. The lowest BCUT2D eigenvalue weighted by atomic mass is 10.0. The van der Waals surface area contributed by atoms with Crippen molar-refractivity contribution < 1.29 is 0 Å². The van der Waals surface area contributed by atoms with Gasteiger partial charge in [0.15, 0.2) is 0 Å². The van der Waals surface area contributed by atoms with Gasteiger partial charge in [-0.3, -0.25) is 0 Å². The topological polar surface area (TPSA) is 29.6 Å². The average molecular weight is 1090 g/mol. The molecule has 10 aromatic carbocycles. The monoisotopic (exact) mass is 1080 g/mol. The van der Waals surface area contributed by atoms with Crippen LogP contribution < -0.4 is 0 Å². The Morgan fingerprint density at radius 3 is 0.833 bits per heavy atom. The highest BCUT2D eigenvalue weighted by Crippen LogP contribution is 2.33. The summed E-state index contributed by atoms with van der Waals surface area (Å²) in [6, 6.07) is 91.1. The van der Waals surface area contributed by atoms with Crippen LogP contribution in [0.2, 0.25) is 0 Å². The predicted octanol–water partition coefficient (Wildman–Crippen LogP) is 20.2. The fourth-order valence-electron chi connectivity index (χ4n) is 12.7. The molecular formula is C78H64N6. The fourth-order valence-corrected chi connectivity index (χ4v) is 12.7. The molecule has 0 amide bonds. The summed E-state index contributed by atoms with van der Waals surface area (Å²) in [4.78, 5) is 0. The normalized spacial score (nSPS) is 11.5. The highest BCUT2D eigenvalue weighted by atomic mass is 15.0. The molecular weight excluding hydrogens is 1020 g/mol. The Balaban J connectivity index is 0.000000113. The number of benzene rings is 10. The lowest BCUT2D eigenvalue weighted by Gasteiger charge is -2.13. The average Bonchev–Trinajstić information content (AvgIpc) is 3.89. The molecule has 0 unspecified atom stereocenters. The third-order valence-electron chi connectivity index (χ3n) is 16.8. The van der Waals surface area contributed by atoms with Crippen LogP contribution in [0.5, 0.6) is 0 Å². The molecule has 0 N–H and O–H groups in total. The van der Waals surface area contributed by atoms with Crippen molar-refractivity contribution in [3.05, 3.63) is 313 Å². The molecule has 0 aliphatic rings. The van der Waals surface area contributed by atoms with E-state index >= 15 is 0 Å². The van der Waals surface area contributed by atoms with E-state index < -0.39 is 0 Å².